The molecule has 0 saturated heterocycles. The lowest BCUT2D eigenvalue weighted by atomic mass is 9.87. The number of nitriles is 1. The Labute approximate surface area is 122 Å². The van der Waals surface area contributed by atoms with E-state index in [0.717, 1.165) is 5.56 Å². The molecule has 0 aliphatic heterocycles. The summed E-state index contributed by atoms with van der Waals surface area (Å²) in [6.07, 6.45) is 1.44. The van der Waals surface area contributed by atoms with Crippen LogP contribution >= 0.6 is 0 Å². The Kier molecular flexibility index (Phi) is 3.89. The zero-order valence-electron chi connectivity index (χ0n) is 12.0. The van der Waals surface area contributed by atoms with Gasteiger partial charge in [0.25, 0.3) is 0 Å². The summed E-state index contributed by atoms with van der Waals surface area (Å²) < 4.78 is 0. The van der Waals surface area contributed by atoms with Crippen molar-refractivity contribution in [2.75, 3.05) is 5.32 Å². The zero-order valence-corrected chi connectivity index (χ0v) is 12.0. The summed E-state index contributed by atoms with van der Waals surface area (Å²) in [6.45, 7) is 6.25. The fraction of sp³-hybridized carbons (Fsp3) is 0.286. The molecule has 0 bridgehead atoms. The van der Waals surface area contributed by atoms with Crippen molar-refractivity contribution in [1.82, 2.24) is 20.6 Å². The van der Waals surface area contributed by atoms with Gasteiger partial charge in [0, 0.05) is 6.20 Å². The summed E-state index contributed by atoms with van der Waals surface area (Å²) in [5.74, 6) is 0.293. The second-order valence-corrected chi connectivity index (χ2v) is 5.53. The first-order chi connectivity index (χ1) is 9.91. The highest BCUT2D eigenvalue weighted by Crippen LogP contribution is 2.30. The normalized spacial score (nSPS) is 12.0. The number of phenols is 1. The van der Waals surface area contributed by atoms with Crippen LogP contribution in [0.15, 0.2) is 24.4 Å². The van der Waals surface area contributed by atoms with E-state index in [1.54, 1.807) is 6.07 Å². The number of nitrogens with one attached hydrogen (secondary N) is 2. The predicted octanol–water partition coefficient (Wildman–Crippen LogP) is 2.18. The summed E-state index contributed by atoms with van der Waals surface area (Å²) >= 11 is 0. The van der Waals surface area contributed by atoms with Crippen molar-refractivity contribution in [2.24, 2.45) is 0 Å². The standard InChI is InChI=1S/C14H16N6O/c1-14(2,3)10-4-5-12(21)11(6-10)16-8-9(7-15)13-17-19-20-18-13/h4-6,8,16,21H,1-3H3,(H,17,18,19,20). The average Bonchev–Trinajstić information content (AvgIpc) is 2.94. The number of hydrogen-bond acceptors (Lipinski definition) is 6. The summed E-state index contributed by atoms with van der Waals surface area (Å²) in [4.78, 5) is 0. The van der Waals surface area contributed by atoms with E-state index >= 15 is 0 Å². The van der Waals surface area contributed by atoms with Gasteiger partial charge in [0.05, 0.1) is 5.69 Å². The van der Waals surface area contributed by atoms with Gasteiger partial charge < -0.3 is 10.4 Å². The molecule has 2 rings (SSSR count). The van der Waals surface area contributed by atoms with E-state index in [4.69, 9.17) is 5.26 Å². The van der Waals surface area contributed by atoms with Crippen LogP contribution in [0.5, 0.6) is 5.75 Å². The van der Waals surface area contributed by atoms with Gasteiger partial charge in [0.15, 0.2) is 0 Å². The number of rotatable bonds is 3. The van der Waals surface area contributed by atoms with Crippen LogP contribution in [-0.4, -0.2) is 25.7 Å². The zero-order chi connectivity index (χ0) is 15.5. The van der Waals surface area contributed by atoms with Crippen LogP contribution < -0.4 is 5.32 Å². The number of anilines is 1. The van der Waals surface area contributed by atoms with Crippen LogP contribution in [0, 0.1) is 11.3 Å². The number of aromatic amines is 1. The third-order valence-electron chi connectivity index (χ3n) is 2.94. The monoisotopic (exact) mass is 284 g/mol. The molecule has 0 amide bonds. The Balaban J connectivity index is 2.29. The minimum atomic E-state index is -0.0421. The number of allylic oxidation sites excluding steroid dienone is 1. The molecule has 1 aromatic heterocycles. The van der Waals surface area contributed by atoms with Crippen LogP contribution in [0.4, 0.5) is 5.69 Å². The fourth-order valence-electron chi connectivity index (χ4n) is 1.69. The highest BCUT2D eigenvalue weighted by Gasteiger charge is 2.15. The molecule has 1 heterocycles. The largest absolute Gasteiger partial charge is 0.506 e. The van der Waals surface area contributed by atoms with Crippen molar-refractivity contribution >= 4 is 11.3 Å². The highest BCUT2D eigenvalue weighted by molar-refractivity contribution is 5.75. The second-order valence-electron chi connectivity index (χ2n) is 5.53. The topological polar surface area (TPSA) is 111 Å². The number of aromatic hydroxyl groups is 1. The molecule has 0 saturated carbocycles. The van der Waals surface area contributed by atoms with Crippen LogP contribution in [0.25, 0.3) is 5.57 Å². The lowest BCUT2D eigenvalue weighted by Gasteiger charge is -2.20. The minimum Gasteiger partial charge on any atom is -0.506 e. The third kappa shape index (κ3) is 3.36. The van der Waals surface area contributed by atoms with Gasteiger partial charge in [-0.3, -0.25) is 0 Å². The lowest BCUT2D eigenvalue weighted by molar-refractivity contribution is 0.476. The quantitative estimate of drug-likeness (QED) is 0.588. The van der Waals surface area contributed by atoms with Crippen LogP contribution in [0.1, 0.15) is 32.2 Å². The maximum atomic E-state index is 9.89. The molecule has 0 fully saturated rings. The Bertz CT molecular complexity index is 691. The maximum Gasteiger partial charge on any atom is 0.216 e. The number of hydrogen-bond donors (Lipinski definition) is 3. The third-order valence-corrected chi connectivity index (χ3v) is 2.94. The predicted molar refractivity (Wildman–Crippen MR) is 78.2 cm³/mol. The molecule has 3 N–H and O–H groups in total. The summed E-state index contributed by atoms with van der Waals surface area (Å²) in [5, 5.41) is 35.1. The number of tetrazole rings is 1. The Hall–Kier alpha value is -2.88. The highest BCUT2D eigenvalue weighted by atomic mass is 16.3. The molecule has 2 aromatic rings. The number of aromatic nitrogens is 4. The SMILES string of the molecule is CC(C)(C)c1ccc(O)c(NC=C(C#N)c2nn[nH]n2)c1. The molecule has 7 heteroatoms. The molecule has 0 radical (unpaired) electrons. The Morgan fingerprint density at radius 3 is 2.76 bits per heavy atom. The molecule has 0 spiro atoms. The van der Waals surface area contributed by atoms with Gasteiger partial charge in [-0.05, 0) is 28.3 Å². The van der Waals surface area contributed by atoms with E-state index in [9.17, 15) is 5.11 Å². The van der Waals surface area contributed by atoms with E-state index < -0.39 is 0 Å². The minimum absolute atomic E-state index is 0.0421. The molecule has 21 heavy (non-hydrogen) atoms. The summed E-state index contributed by atoms with van der Waals surface area (Å²) in [6, 6.07) is 7.31. The first kappa shape index (κ1) is 14.5. The van der Waals surface area contributed by atoms with Gasteiger partial charge in [-0.25, -0.2) is 0 Å². The fourth-order valence-corrected chi connectivity index (χ4v) is 1.69. The van der Waals surface area contributed by atoms with Gasteiger partial charge in [-0.15, -0.1) is 10.2 Å². The molecule has 0 atom stereocenters. The van der Waals surface area contributed by atoms with E-state index in [0.29, 0.717) is 5.69 Å². The molecule has 108 valence electrons. The van der Waals surface area contributed by atoms with Crippen molar-refractivity contribution in [1.29, 1.82) is 5.26 Å². The van der Waals surface area contributed by atoms with Crippen molar-refractivity contribution < 1.29 is 5.11 Å². The molecule has 7 nitrogen and oxygen atoms in total. The first-order valence-electron chi connectivity index (χ1n) is 6.36. The summed E-state index contributed by atoms with van der Waals surface area (Å²) in [5.41, 5.74) is 1.75. The Morgan fingerprint density at radius 1 is 1.43 bits per heavy atom. The Morgan fingerprint density at radius 2 is 2.19 bits per heavy atom. The second kappa shape index (κ2) is 5.63. The molecule has 1 aromatic carbocycles. The van der Waals surface area contributed by atoms with Crippen LogP contribution in [0.3, 0.4) is 0 Å². The van der Waals surface area contributed by atoms with Gasteiger partial charge in [0.1, 0.15) is 17.4 Å². The van der Waals surface area contributed by atoms with Crippen molar-refractivity contribution in [3.8, 4) is 11.8 Å². The molecule has 0 aliphatic rings. The van der Waals surface area contributed by atoms with Crippen LogP contribution in [-0.2, 0) is 5.41 Å². The van der Waals surface area contributed by atoms with E-state index in [1.165, 1.54) is 6.20 Å². The van der Waals surface area contributed by atoms with Gasteiger partial charge >= 0.3 is 0 Å². The van der Waals surface area contributed by atoms with Gasteiger partial charge in [-0.1, -0.05) is 26.8 Å². The van der Waals surface area contributed by atoms with E-state index in [-0.39, 0.29) is 22.6 Å². The summed E-state index contributed by atoms with van der Waals surface area (Å²) in [7, 11) is 0. The lowest BCUT2D eigenvalue weighted by Crippen LogP contribution is -2.11. The molecule has 0 aliphatic carbocycles. The van der Waals surface area contributed by atoms with Crippen molar-refractivity contribution in [3.63, 3.8) is 0 Å². The molecular weight excluding hydrogens is 268 g/mol. The number of nitrogens with zero attached hydrogens (tertiary/aromatic N) is 4. The van der Waals surface area contributed by atoms with Crippen LogP contribution in [0.2, 0.25) is 0 Å². The van der Waals surface area contributed by atoms with Crippen molar-refractivity contribution in [3.05, 3.63) is 35.8 Å². The van der Waals surface area contributed by atoms with Gasteiger partial charge in [-0.2, -0.15) is 10.5 Å². The smallest absolute Gasteiger partial charge is 0.216 e. The first-order valence-corrected chi connectivity index (χ1v) is 6.36. The molecular formula is C14H16N6O. The van der Waals surface area contributed by atoms with E-state index in [2.05, 4.69) is 46.7 Å². The number of benzene rings is 1. The van der Waals surface area contributed by atoms with Crippen molar-refractivity contribution in [2.45, 2.75) is 26.2 Å². The average molecular weight is 284 g/mol. The number of phenolic OH excluding ortho intramolecular Hbond substituents is 1. The van der Waals surface area contributed by atoms with Gasteiger partial charge in [0.2, 0.25) is 5.82 Å². The molecule has 0 unspecified atom stereocenters. The number of H-pyrrole nitrogens is 1. The van der Waals surface area contributed by atoms with E-state index in [1.807, 2.05) is 18.2 Å². The maximum absolute atomic E-state index is 9.89.